The van der Waals surface area contributed by atoms with Crippen LogP contribution < -0.4 is 5.32 Å². The van der Waals surface area contributed by atoms with Gasteiger partial charge in [-0.25, -0.2) is 4.39 Å². The second kappa shape index (κ2) is 7.01. The lowest BCUT2D eigenvalue weighted by atomic mass is 10.0. The van der Waals surface area contributed by atoms with E-state index in [0.717, 1.165) is 6.42 Å². The van der Waals surface area contributed by atoms with Gasteiger partial charge in [0.1, 0.15) is 5.82 Å². The van der Waals surface area contributed by atoms with Crippen molar-refractivity contribution < 1.29 is 4.39 Å². The van der Waals surface area contributed by atoms with Crippen molar-refractivity contribution in [2.45, 2.75) is 44.7 Å². The molecule has 1 saturated heterocycles. The molecule has 0 saturated carbocycles. The molecule has 0 bridgehead atoms. The van der Waals surface area contributed by atoms with E-state index < -0.39 is 0 Å². The molecule has 1 aromatic carbocycles. The summed E-state index contributed by atoms with van der Waals surface area (Å²) in [5, 5.41) is 3.72. The van der Waals surface area contributed by atoms with Gasteiger partial charge in [0.2, 0.25) is 0 Å². The predicted octanol–water partition coefficient (Wildman–Crippen LogP) is 2.83. The summed E-state index contributed by atoms with van der Waals surface area (Å²) in [7, 11) is 2.20. The SMILES string of the molecule is CC(Cc1ccc(F)cc1)NC1CCCN(C)CC1. The van der Waals surface area contributed by atoms with Crippen LogP contribution in [0.3, 0.4) is 0 Å². The van der Waals surface area contributed by atoms with Crippen molar-refractivity contribution in [2.24, 2.45) is 0 Å². The molecule has 0 aromatic heterocycles. The van der Waals surface area contributed by atoms with Gasteiger partial charge in [0, 0.05) is 12.1 Å². The summed E-state index contributed by atoms with van der Waals surface area (Å²) in [5.74, 6) is -0.156. The van der Waals surface area contributed by atoms with Gasteiger partial charge in [0.05, 0.1) is 0 Å². The van der Waals surface area contributed by atoms with E-state index in [4.69, 9.17) is 0 Å². The Hall–Kier alpha value is -0.930. The number of likely N-dealkylation sites (tertiary alicyclic amines) is 1. The molecule has 1 heterocycles. The second-order valence-corrected chi connectivity index (χ2v) is 5.83. The van der Waals surface area contributed by atoms with Crippen LogP contribution in [-0.2, 0) is 6.42 Å². The molecular formula is C16H25FN2. The highest BCUT2D eigenvalue weighted by molar-refractivity contribution is 5.17. The largest absolute Gasteiger partial charge is 0.311 e. The molecule has 2 atom stereocenters. The molecule has 2 unspecified atom stereocenters. The van der Waals surface area contributed by atoms with Crippen molar-refractivity contribution in [2.75, 3.05) is 20.1 Å². The maximum Gasteiger partial charge on any atom is 0.123 e. The van der Waals surface area contributed by atoms with Crippen LogP contribution in [0.4, 0.5) is 4.39 Å². The molecule has 2 nitrogen and oxygen atoms in total. The van der Waals surface area contributed by atoms with Crippen LogP contribution in [0, 0.1) is 5.82 Å². The molecule has 1 N–H and O–H groups in total. The van der Waals surface area contributed by atoms with E-state index in [-0.39, 0.29) is 5.82 Å². The lowest BCUT2D eigenvalue weighted by Gasteiger charge is -2.22. The smallest absolute Gasteiger partial charge is 0.123 e. The standard InChI is InChI=1S/C16H25FN2/c1-13(12-14-5-7-15(17)8-6-14)18-16-4-3-10-19(2)11-9-16/h5-8,13,16,18H,3-4,9-12H2,1-2H3. The Balaban J connectivity index is 1.80. The van der Waals surface area contributed by atoms with E-state index in [0.29, 0.717) is 12.1 Å². The number of hydrogen-bond acceptors (Lipinski definition) is 2. The highest BCUT2D eigenvalue weighted by Crippen LogP contribution is 2.12. The fourth-order valence-electron chi connectivity index (χ4n) is 2.84. The molecule has 0 radical (unpaired) electrons. The Labute approximate surface area is 116 Å². The number of rotatable bonds is 4. The molecule has 19 heavy (non-hydrogen) atoms. The monoisotopic (exact) mass is 264 g/mol. The number of hydrogen-bond donors (Lipinski definition) is 1. The van der Waals surface area contributed by atoms with E-state index in [1.807, 2.05) is 12.1 Å². The molecule has 1 aromatic rings. The summed E-state index contributed by atoms with van der Waals surface area (Å²) in [5.41, 5.74) is 1.20. The third kappa shape index (κ3) is 4.92. The molecule has 0 aliphatic carbocycles. The molecule has 106 valence electrons. The Bertz CT molecular complexity index is 377. The Morgan fingerprint density at radius 1 is 1.26 bits per heavy atom. The maximum atomic E-state index is 12.9. The first-order valence-electron chi connectivity index (χ1n) is 7.32. The highest BCUT2D eigenvalue weighted by atomic mass is 19.1. The zero-order valence-electron chi connectivity index (χ0n) is 12.0. The van der Waals surface area contributed by atoms with Crippen molar-refractivity contribution in [1.29, 1.82) is 0 Å². The minimum Gasteiger partial charge on any atom is -0.311 e. The topological polar surface area (TPSA) is 15.3 Å². The van der Waals surface area contributed by atoms with Gasteiger partial charge in [-0.15, -0.1) is 0 Å². The van der Waals surface area contributed by atoms with Crippen LogP contribution in [0.2, 0.25) is 0 Å². The molecular weight excluding hydrogens is 239 g/mol. The number of nitrogens with one attached hydrogen (secondary N) is 1. The summed E-state index contributed by atoms with van der Waals surface area (Å²) in [6, 6.07) is 7.92. The molecule has 2 rings (SSSR count). The second-order valence-electron chi connectivity index (χ2n) is 5.83. The number of benzene rings is 1. The predicted molar refractivity (Wildman–Crippen MR) is 77.8 cm³/mol. The molecule has 1 aliphatic rings. The van der Waals surface area contributed by atoms with Crippen LogP contribution in [0.5, 0.6) is 0 Å². The maximum absolute atomic E-state index is 12.9. The van der Waals surface area contributed by atoms with Crippen LogP contribution in [0.25, 0.3) is 0 Å². The van der Waals surface area contributed by atoms with Gasteiger partial charge in [-0.3, -0.25) is 0 Å². The lowest BCUT2D eigenvalue weighted by Crippen LogP contribution is -2.38. The third-order valence-corrected chi connectivity index (χ3v) is 3.93. The lowest BCUT2D eigenvalue weighted by molar-refractivity contribution is 0.339. The van der Waals surface area contributed by atoms with Crippen LogP contribution in [-0.4, -0.2) is 37.1 Å². The van der Waals surface area contributed by atoms with Gasteiger partial charge >= 0.3 is 0 Å². The van der Waals surface area contributed by atoms with Crippen molar-refractivity contribution in [3.8, 4) is 0 Å². The average molecular weight is 264 g/mol. The zero-order valence-corrected chi connectivity index (χ0v) is 12.0. The fourth-order valence-corrected chi connectivity index (χ4v) is 2.84. The van der Waals surface area contributed by atoms with E-state index >= 15 is 0 Å². The van der Waals surface area contributed by atoms with E-state index in [9.17, 15) is 4.39 Å². The van der Waals surface area contributed by atoms with Crippen molar-refractivity contribution in [3.63, 3.8) is 0 Å². The van der Waals surface area contributed by atoms with Gasteiger partial charge in [0.15, 0.2) is 0 Å². The third-order valence-electron chi connectivity index (χ3n) is 3.93. The van der Waals surface area contributed by atoms with Gasteiger partial charge < -0.3 is 10.2 Å². The van der Waals surface area contributed by atoms with Gasteiger partial charge in [-0.2, -0.15) is 0 Å². The van der Waals surface area contributed by atoms with Crippen LogP contribution in [0.1, 0.15) is 31.7 Å². The number of halogens is 1. The molecule has 0 spiro atoms. The van der Waals surface area contributed by atoms with E-state index in [1.165, 1.54) is 37.9 Å². The van der Waals surface area contributed by atoms with Crippen LogP contribution >= 0.6 is 0 Å². The molecule has 0 amide bonds. The number of nitrogens with zero attached hydrogens (tertiary/aromatic N) is 1. The normalized spacial score (nSPS) is 23.0. The summed E-state index contributed by atoms with van der Waals surface area (Å²) in [4.78, 5) is 2.41. The zero-order chi connectivity index (χ0) is 13.7. The summed E-state index contributed by atoms with van der Waals surface area (Å²) in [6.45, 7) is 4.61. The molecule has 1 fully saturated rings. The first-order valence-corrected chi connectivity index (χ1v) is 7.32. The summed E-state index contributed by atoms with van der Waals surface area (Å²) >= 11 is 0. The Morgan fingerprint density at radius 2 is 2.00 bits per heavy atom. The van der Waals surface area contributed by atoms with E-state index in [2.05, 4.69) is 24.2 Å². The minimum atomic E-state index is -0.156. The minimum absolute atomic E-state index is 0.156. The van der Waals surface area contributed by atoms with Gasteiger partial charge in [-0.05, 0) is 70.4 Å². The Morgan fingerprint density at radius 3 is 2.74 bits per heavy atom. The van der Waals surface area contributed by atoms with Crippen molar-refractivity contribution in [1.82, 2.24) is 10.2 Å². The fraction of sp³-hybridized carbons (Fsp3) is 0.625. The summed E-state index contributed by atoms with van der Waals surface area (Å²) in [6.07, 6.45) is 4.73. The Kier molecular flexibility index (Phi) is 5.34. The summed E-state index contributed by atoms with van der Waals surface area (Å²) < 4.78 is 12.9. The van der Waals surface area contributed by atoms with Crippen LogP contribution in [0.15, 0.2) is 24.3 Å². The first-order chi connectivity index (χ1) is 9.13. The quantitative estimate of drug-likeness (QED) is 0.899. The van der Waals surface area contributed by atoms with Crippen molar-refractivity contribution >= 4 is 0 Å². The van der Waals surface area contributed by atoms with Gasteiger partial charge in [0.25, 0.3) is 0 Å². The van der Waals surface area contributed by atoms with E-state index in [1.54, 1.807) is 12.1 Å². The van der Waals surface area contributed by atoms with Gasteiger partial charge in [-0.1, -0.05) is 12.1 Å². The molecule has 3 heteroatoms. The van der Waals surface area contributed by atoms with Crippen molar-refractivity contribution in [3.05, 3.63) is 35.6 Å². The molecule has 1 aliphatic heterocycles. The average Bonchev–Trinajstić information content (AvgIpc) is 2.57. The first kappa shape index (κ1) is 14.5. The highest BCUT2D eigenvalue weighted by Gasteiger charge is 2.16.